The number of methoxy groups -OCH3 is 1. The second-order valence-electron chi connectivity index (χ2n) is 3.20. The van der Waals surface area contributed by atoms with Gasteiger partial charge in [0.05, 0.1) is 13.7 Å². The topological polar surface area (TPSA) is 55.5 Å². The van der Waals surface area contributed by atoms with Crippen molar-refractivity contribution in [3.05, 3.63) is 29.8 Å². The quantitative estimate of drug-likeness (QED) is 0.740. The van der Waals surface area contributed by atoms with E-state index in [1.807, 2.05) is 24.3 Å². The van der Waals surface area contributed by atoms with E-state index < -0.39 is 0 Å². The fraction of sp³-hybridized carbons (Fsp3) is 0.455. The molecule has 1 atom stereocenters. The second-order valence-corrected chi connectivity index (χ2v) is 3.20. The van der Waals surface area contributed by atoms with E-state index in [9.17, 15) is 5.11 Å². The Kier molecular flexibility index (Phi) is 4.43. The smallest absolute Gasteiger partial charge is 0.122 e. The number of para-hydroxylation sites is 1. The first kappa shape index (κ1) is 11.0. The molecule has 1 rings (SSSR count). The molecule has 3 heteroatoms. The van der Waals surface area contributed by atoms with Gasteiger partial charge in [-0.3, -0.25) is 0 Å². The van der Waals surface area contributed by atoms with E-state index in [2.05, 4.69) is 0 Å². The lowest BCUT2D eigenvalue weighted by Gasteiger charge is -2.16. The molecule has 0 aliphatic carbocycles. The van der Waals surface area contributed by atoms with E-state index in [0.717, 1.165) is 17.7 Å². The molecule has 1 aromatic carbocycles. The number of hydrogen-bond acceptors (Lipinski definition) is 3. The summed E-state index contributed by atoms with van der Waals surface area (Å²) in [7, 11) is 1.63. The predicted molar refractivity (Wildman–Crippen MR) is 56.5 cm³/mol. The Hall–Kier alpha value is -1.06. The van der Waals surface area contributed by atoms with Gasteiger partial charge in [0.2, 0.25) is 0 Å². The Bertz CT molecular complexity index is 276. The van der Waals surface area contributed by atoms with E-state index in [1.165, 1.54) is 0 Å². The Balaban J connectivity index is 2.90. The number of hydrogen-bond donors (Lipinski definition) is 2. The maximum absolute atomic E-state index is 9.22. The lowest BCUT2D eigenvalue weighted by atomic mass is 9.96. The van der Waals surface area contributed by atoms with Crippen LogP contribution >= 0.6 is 0 Å². The van der Waals surface area contributed by atoms with Crippen LogP contribution in [-0.4, -0.2) is 25.4 Å². The van der Waals surface area contributed by atoms with E-state index in [4.69, 9.17) is 10.5 Å². The highest BCUT2D eigenvalue weighted by atomic mass is 16.5. The van der Waals surface area contributed by atoms with Crippen molar-refractivity contribution in [2.24, 2.45) is 5.73 Å². The highest BCUT2D eigenvalue weighted by molar-refractivity contribution is 5.36. The van der Waals surface area contributed by atoms with Crippen LogP contribution < -0.4 is 10.5 Å². The van der Waals surface area contributed by atoms with Crippen molar-refractivity contribution < 1.29 is 9.84 Å². The minimum Gasteiger partial charge on any atom is -0.496 e. The highest BCUT2D eigenvalue weighted by Crippen LogP contribution is 2.27. The van der Waals surface area contributed by atoms with Gasteiger partial charge in [0.1, 0.15) is 5.75 Å². The minimum absolute atomic E-state index is 0.0798. The molecule has 78 valence electrons. The SMILES string of the molecule is COc1ccccc1C(CO)CCN. The van der Waals surface area contributed by atoms with Crippen molar-refractivity contribution >= 4 is 0 Å². The minimum atomic E-state index is 0.0798. The Morgan fingerprint density at radius 3 is 2.71 bits per heavy atom. The highest BCUT2D eigenvalue weighted by Gasteiger charge is 2.13. The molecule has 0 aliphatic rings. The molecule has 0 saturated heterocycles. The molecular formula is C11H17NO2. The number of nitrogens with two attached hydrogens (primary N) is 1. The standard InChI is InChI=1S/C11H17NO2/c1-14-11-5-3-2-4-10(11)9(8-13)6-7-12/h2-5,9,13H,6-8,12H2,1H3. The van der Waals surface area contributed by atoms with Crippen LogP contribution in [0.1, 0.15) is 17.9 Å². The molecule has 0 radical (unpaired) electrons. The van der Waals surface area contributed by atoms with Crippen LogP contribution in [0.15, 0.2) is 24.3 Å². The van der Waals surface area contributed by atoms with Gasteiger partial charge in [-0.05, 0) is 24.6 Å². The fourth-order valence-electron chi connectivity index (χ4n) is 1.55. The van der Waals surface area contributed by atoms with Crippen LogP contribution in [-0.2, 0) is 0 Å². The number of benzene rings is 1. The van der Waals surface area contributed by atoms with Gasteiger partial charge < -0.3 is 15.6 Å². The first-order valence-electron chi connectivity index (χ1n) is 4.77. The van der Waals surface area contributed by atoms with Gasteiger partial charge in [0.25, 0.3) is 0 Å². The first-order valence-corrected chi connectivity index (χ1v) is 4.77. The lowest BCUT2D eigenvalue weighted by Crippen LogP contribution is -2.11. The normalized spacial score (nSPS) is 12.5. The van der Waals surface area contributed by atoms with Gasteiger partial charge in [-0.1, -0.05) is 18.2 Å². The van der Waals surface area contributed by atoms with Gasteiger partial charge in [0.15, 0.2) is 0 Å². The van der Waals surface area contributed by atoms with Crippen molar-refractivity contribution in [1.29, 1.82) is 0 Å². The molecule has 0 aromatic heterocycles. The van der Waals surface area contributed by atoms with Gasteiger partial charge in [-0.2, -0.15) is 0 Å². The molecule has 0 heterocycles. The summed E-state index contributed by atoms with van der Waals surface area (Å²) >= 11 is 0. The summed E-state index contributed by atoms with van der Waals surface area (Å²) in [5.74, 6) is 0.899. The van der Waals surface area contributed by atoms with Crippen molar-refractivity contribution in [3.8, 4) is 5.75 Å². The third kappa shape index (κ3) is 2.47. The maximum Gasteiger partial charge on any atom is 0.122 e. The molecule has 0 spiro atoms. The summed E-state index contributed by atoms with van der Waals surface area (Å²) in [5, 5.41) is 9.22. The summed E-state index contributed by atoms with van der Waals surface area (Å²) in [6.07, 6.45) is 0.775. The molecule has 1 aromatic rings. The van der Waals surface area contributed by atoms with Crippen LogP contribution in [0.25, 0.3) is 0 Å². The monoisotopic (exact) mass is 195 g/mol. The zero-order valence-corrected chi connectivity index (χ0v) is 8.44. The molecule has 14 heavy (non-hydrogen) atoms. The predicted octanol–water partition coefficient (Wildman–Crippen LogP) is 1.12. The number of rotatable bonds is 5. The molecule has 0 saturated carbocycles. The van der Waals surface area contributed by atoms with E-state index in [0.29, 0.717) is 6.54 Å². The largest absolute Gasteiger partial charge is 0.496 e. The summed E-state index contributed by atoms with van der Waals surface area (Å²) in [4.78, 5) is 0. The molecule has 1 unspecified atom stereocenters. The zero-order chi connectivity index (χ0) is 10.4. The summed E-state index contributed by atoms with van der Waals surface area (Å²) < 4.78 is 5.22. The van der Waals surface area contributed by atoms with Crippen molar-refractivity contribution in [2.45, 2.75) is 12.3 Å². The average molecular weight is 195 g/mol. The Morgan fingerprint density at radius 1 is 1.43 bits per heavy atom. The number of aliphatic hydroxyl groups is 1. The van der Waals surface area contributed by atoms with Gasteiger partial charge >= 0.3 is 0 Å². The second kappa shape index (κ2) is 5.62. The van der Waals surface area contributed by atoms with Crippen molar-refractivity contribution in [2.75, 3.05) is 20.3 Å². The molecule has 3 N–H and O–H groups in total. The van der Waals surface area contributed by atoms with E-state index >= 15 is 0 Å². The fourth-order valence-corrected chi connectivity index (χ4v) is 1.55. The van der Waals surface area contributed by atoms with Crippen LogP contribution in [0, 0.1) is 0 Å². The maximum atomic E-state index is 9.22. The van der Waals surface area contributed by atoms with Gasteiger partial charge in [-0.15, -0.1) is 0 Å². The molecule has 3 nitrogen and oxygen atoms in total. The third-order valence-electron chi connectivity index (χ3n) is 2.31. The van der Waals surface area contributed by atoms with E-state index in [1.54, 1.807) is 7.11 Å². The van der Waals surface area contributed by atoms with E-state index in [-0.39, 0.29) is 12.5 Å². The van der Waals surface area contributed by atoms with Crippen molar-refractivity contribution in [3.63, 3.8) is 0 Å². The van der Waals surface area contributed by atoms with Crippen LogP contribution in [0.2, 0.25) is 0 Å². The zero-order valence-electron chi connectivity index (χ0n) is 8.44. The summed E-state index contributed by atoms with van der Waals surface area (Å²) in [5.41, 5.74) is 6.51. The van der Waals surface area contributed by atoms with Crippen LogP contribution in [0.3, 0.4) is 0 Å². The van der Waals surface area contributed by atoms with Gasteiger partial charge in [0, 0.05) is 5.92 Å². The first-order chi connectivity index (χ1) is 6.83. The molecular weight excluding hydrogens is 178 g/mol. The van der Waals surface area contributed by atoms with Gasteiger partial charge in [-0.25, -0.2) is 0 Å². The lowest BCUT2D eigenvalue weighted by molar-refractivity contribution is 0.257. The third-order valence-corrected chi connectivity index (χ3v) is 2.31. The summed E-state index contributed by atoms with van der Waals surface area (Å²) in [6, 6.07) is 7.72. The average Bonchev–Trinajstić information content (AvgIpc) is 2.26. The summed E-state index contributed by atoms with van der Waals surface area (Å²) in [6.45, 7) is 0.681. The molecule has 0 aliphatic heterocycles. The number of ether oxygens (including phenoxy) is 1. The number of aliphatic hydroxyl groups excluding tert-OH is 1. The Morgan fingerprint density at radius 2 is 2.14 bits per heavy atom. The van der Waals surface area contributed by atoms with Crippen LogP contribution in [0.4, 0.5) is 0 Å². The molecule has 0 fully saturated rings. The molecule has 0 bridgehead atoms. The Labute approximate surface area is 84.5 Å². The molecule has 0 amide bonds. The van der Waals surface area contributed by atoms with Crippen LogP contribution in [0.5, 0.6) is 5.75 Å². The van der Waals surface area contributed by atoms with Crippen molar-refractivity contribution in [1.82, 2.24) is 0 Å².